The lowest BCUT2D eigenvalue weighted by Gasteiger charge is -2.28. The third kappa shape index (κ3) is 4.17. The van der Waals surface area contributed by atoms with Gasteiger partial charge in [0.05, 0.1) is 0 Å². The van der Waals surface area contributed by atoms with Gasteiger partial charge < -0.3 is 15.0 Å². The number of nitrogens with zero attached hydrogens (tertiary/aromatic N) is 1. The number of aromatic nitrogens is 1. The monoisotopic (exact) mass is 292 g/mol. The Morgan fingerprint density at radius 2 is 2.10 bits per heavy atom. The molecule has 1 aromatic heterocycles. The van der Waals surface area contributed by atoms with E-state index in [9.17, 15) is 4.79 Å². The average molecular weight is 292 g/mol. The molecular formula is C17H28N2O2. The summed E-state index contributed by atoms with van der Waals surface area (Å²) in [6.07, 6.45) is 7.33. The number of hydrogen-bond acceptors (Lipinski definition) is 3. The van der Waals surface area contributed by atoms with Gasteiger partial charge in [-0.3, -0.25) is 4.79 Å². The van der Waals surface area contributed by atoms with Crippen molar-refractivity contribution >= 4 is 0 Å². The molecule has 0 fully saturated rings. The minimum Gasteiger partial charge on any atom is -0.396 e. The van der Waals surface area contributed by atoms with Crippen LogP contribution in [0.4, 0.5) is 0 Å². The fourth-order valence-electron chi connectivity index (χ4n) is 3.30. The van der Waals surface area contributed by atoms with E-state index in [1.165, 1.54) is 11.3 Å². The molecule has 21 heavy (non-hydrogen) atoms. The molecule has 1 aromatic rings. The van der Waals surface area contributed by atoms with Gasteiger partial charge in [0, 0.05) is 31.0 Å². The molecule has 1 heterocycles. The van der Waals surface area contributed by atoms with Crippen LogP contribution < -0.4 is 10.9 Å². The van der Waals surface area contributed by atoms with Crippen LogP contribution in [-0.4, -0.2) is 22.8 Å². The zero-order valence-electron chi connectivity index (χ0n) is 13.1. The van der Waals surface area contributed by atoms with Crippen molar-refractivity contribution in [1.82, 2.24) is 9.88 Å². The third-order valence-electron chi connectivity index (χ3n) is 4.35. The molecule has 1 aliphatic rings. The number of hydrogen-bond donors (Lipinski definition) is 2. The number of rotatable bonds is 8. The Balaban J connectivity index is 2.10. The molecule has 0 aromatic carbocycles. The van der Waals surface area contributed by atoms with Gasteiger partial charge in [-0.25, -0.2) is 0 Å². The number of unbranched alkanes of at least 4 members (excludes halogenated alkanes) is 3. The van der Waals surface area contributed by atoms with Crippen LogP contribution in [0.1, 0.15) is 62.7 Å². The Labute approximate surface area is 127 Å². The molecule has 0 spiro atoms. The molecule has 2 N–H and O–H groups in total. The fourth-order valence-corrected chi connectivity index (χ4v) is 3.30. The maximum Gasteiger partial charge on any atom is 0.250 e. The molecular weight excluding hydrogens is 264 g/mol. The highest BCUT2D eigenvalue weighted by Gasteiger charge is 2.22. The summed E-state index contributed by atoms with van der Waals surface area (Å²) in [5.41, 5.74) is 2.69. The Kier molecular flexibility index (Phi) is 6.46. The van der Waals surface area contributed by atoms with Crippen molar-refractivity contribution in [2.75, 3.05) is 13.2 Å². The molecule has 0 aliphatic heterocycles. The van der Waals surface area contributed by atoms with Gasteiger partial charge in [-0.2, -0.15) is 0 Å². The summed E-state index contributed by atoms with van der Waals surface area (Å²) < 4.78 is 1.98. The zero-order valence-corrected chi connectivity index (χ0v) is 13.1. The summed E-state index contributed by atoms with van der Waals surface area (Å²) >= 11 is 0. The van der Waals surface area contributed by atoms with E-state index in [1.807, 2.05) is 10.6 Å². The van der Waals surface area contributed by atoms with E-state index in [0.29, 0.717) is 6.04 Å². The normalized spacial score (nSPS) is 17.7. The first-order valence-electron chi connectivity index (χ1n) is 8.34. The van der Waals surface area contributed by atoms with Crippen LogP contribution in [-0.2, 0) is 13.0 Å². The van der Waals surface area contributed by atoms with Crippen molar-refractivity contribution in [3.63, 3.8) is 0 Å². The summed E-state index contributed by atoms with van der Waals surface area (Å²) in [5, 5.41) is 12.3. The number of pyridine rings is 1. The Hall–Kier alpha value is -1.13. The van der Waals surface area contributed by atoms with Crippen LogP contribution in [0.2, 0.25) is 0 Å². The second-order valence-electron chi connectivity index (χ2n) is 5.87. The van der Waals surface area contributed by atoms with E-state index in [2.05, 4.69) is 12.2 Å². The first kappa shape index (κ1) is 16.2. The van der Waals surface area contributed by atoms with Gasteiger partial charge in [0.15, 0.2) is 0 Å². The van der Waals surface area contributed by atoms with Crippen LogP contribution in [0.5, 0.6) is 0 Å². The van der Waals surface area contributed by atoms with E-state index >= 15 is 0 Å². The topological polar surface area (TPSA) is 54.3 Å². The molecule has 0 bridgehead atoms. The molecule has 4 heteroatoms. The Morgan fingerprint density at radius 1 is 1.29 bits per heavy atom. The molecule has 4 nitrogen and oxygen atoms in total. The summed E-state index contributed by atoms with van der Waals surface area (Å²) in [5.74, 6) is 0. The first-order valence-corrected chi connectivity index (χ1v) is 8.34. The number of fused-ring (bicyclic) bond motifs is 1. The predicted octanol–water partition coefficient (Wildman–Crippen LogP) is 2.39. The fraction of sp³-hybridized carbons (Fsp3) is 0.706. The van der Waals surface area contributed by atoms with Gasteiger partial charge in [-0.05, 0) is 44.2 Å². The van der Waals surface area contributed by atoms with Gasteiger partial charge in [-0.1, -0.05) is 25.8 Å². The highest BCUT2D eigenvalue weighted by Crippen LogP contribution is 2.28. The molecule has 2 rings (SSSR count). The van der Waals surface area contributed by atoms with Crippen molar-refractivity contribution in [3.8, 4) is 0 Å². The smallest absolute Gasteiger partial charge is 0.250 e. The Morgan fingerprint density at radius 3 is 2.86 bits per heavy atom. The van der Waals surface area contributed by atoms with Crippen molar-refractivity contribution < 1.29 is 5.11 Å². The zero-order chi connectivity index (χ0) is 15.1. The molecule has 0 amide bonds. The van der Waals surface area contributed by atoms with E-state index in [1.54, 1.807) is 6.07 Å². The molecule has 0 saturated heterocycles. The number of aliphatic hydroxyl groups excluding tert-OH is 1. The molecule has 1 unspecified atom stereocenters. The van der Waals surface area contributed by atoms with Gasteiger partial charge in [0.1, 0.15) is 0 Å². The Bertz CT molecular complexity index is 496. The van der Waals surface area contributed by atoms with E-state index < -0.39 is 0 Å². The summed E-state index contributed by atoms with van der Waals surface area (Å²) in [7, 11) is 0. The maximum atomic E-state index is 12.2. The van der Waals surface area contributed by atoms with E-state index in [-0.39, 0.29) is 12.2 Å². The maximum absolute atomic E-state index is 12.2. The van der Waals surface area contributed by atoms with Crippen LogP contribution in [0, 0.1) is 0 Å². The molecule has 0 saturated carbocycles. The lowest BCUT2D eigenvalue weighted by atomic mass is 9.90. The van der Waals surface area contributed by atoms with Crippen LogP contribution >= 0.6 is 0 Å². The predicted molar refractivity (Wildman–Crippen MR) is 85.6 cm³/mol. The summed E-state index contributed by atoms with van der Waals surface area (Å²) in [6.45, 7) is 4.17. The van der Waals surface area contributed by atoms with Crippen LogP contribution in [0.15, 0.2) is 16.9 Å². The van der Waals surface area contributed by atoms with E-state index in [0.717, 1.165) is 58.0 Å². The van der Waals surface area contributed by atoms with Gasteiger partial charge in [0.2, 0.25) is 0 Å². The SMILES string of the molecule is CCNC1CCCc2c1ccc(=O)n2CCCCCCO. The van der Waals surface area contributed by atoms with Gasteiger partial charge in [-0.15, -0.1) is 0 Å². The largest absolute Gasteiger partial charge is 0.396 e. The highest BCUT2D eigenvalue weighted by atomic mass is 16.2. The minimum atomic E-state index is 0.132. The second kappa shape index (κ2) is 8.35. The standard InChI is InChI=1S/C17H28N2O2/c1-2-18-15-8-7-9-16-14(15)10-11-17(21)19(16)12-5-3-4-6-13-20/h10-11,15,18,20H,2-9,12-13H2,1H3. The molecule has 0 radical (unpaired) electrons. The second-order valence-corrected chi connectivity index (χ2v) is 5.87. The lowest BCUT2D eigenvalue weighted by Crippen LogP contribution is -2.31. The molecule has 118 valence electrons. The third-order valence-corrected chi connectivity index (χ3v) is 4.35. The lowest BCUT2D eigenvalue weighted by molar-refractivity contribution is 0.282. The van der Waals surface area contributed by atoms with Crippen molar-refractivity contribution in [2.45, 2.75) is 64.5 Å². The van der Waals surface area contributed by atoms with Crippen LogP contribution in [0.3, 0.4) is 0 Å². The average Bonchev–Trinajstić information content (AvgIpc) is 2.49. The van der Waals surface area contributed by atoms with E-state index in [4.69, 9.17) is 5.11 Å². The van der Waals surface area contributed by atoms with Crippen LogP contribution in [0.25, 0.3) is 0 Å². The first-order chi connectivity index (χ1) is 10.3. The number of aliphatic hydroxyl groups is 1. The number of nitrogens with one attached hydrogen (secondary N) is 1. The minimum absolute atomic E-state index is 0.132. The highest BCUT2D eigenvalue weighted by molar-refractivity contribution is 5.27. The summed E-state index contributed by atoms with van der Waals surface area (Å²) in [4.78, 5) is 12.2. The molecule has 1 aliphatic carbocycles. The van der Waals surface area contributed by atoms with Gasteiger partial charge in [0.25, 0.3) is 5.56 Å². The molecule has 1 atom stereocenters. The quantitative estimate of drug-likeness (QED) is 0.723. The van der Waals surface area contributed by atoms with Crippen molar-refractivity contribution in [2.24, 2.45) is 0 Å². The van der Waals surface area contributed by atoms with Crippen molar-refractivity contribution in [3.05, 3.63) is 33.7 Å². The van der Waals surface area contributed by atoms with Crippen molar-refractivity contribution in [1.29, 1.82) is 0 Å². The van der Waals surface area contributed by atoms with Gasteiger partial charge >= 0.3 is 0 Å². The summed E-state index contributed by atoms with van der Waals surface area (Å²) in [6, 6.07) is 4.15.